The van der Waals surface area contributed by atoms with Crippen molar-refractivity contribution in [1.82, 2.24) is 0 Å². The van der Waals surface area contributed by atoms with Gasteiger partial charge in [-0.2, -0.15) is 9.46 Å². The molecule has 1 heterocycles. The number of anilines is 2. The lowest BCUT2D eigenvalue weighted by molar-refractivity contribution is -0.628. The van der Waals surface area contributed by atoms with Gasteiger partial charge in [-0.15, -0.1) is 0 Å². The Kier molecular flexibility index (Phi) is 2.40. The second-order valence-corrected chi connectivity index (χ2v) is 3.38. The molecular weight excluding hydrogens is 208 g/mol. The molecule has 0 aliphatic rings. The van der Waals surface area contributed by atoms with Crippen molar-refractivity contribution in [3.63, 3.8) is 0 Å². The molecule has 0 atom stereocenters. The fourth-order valence-electron chi connectivity index (χ4n) is 1.65. The van der Waals surface area contributed by atoms with Crippen LogP contribution in [0.4, 0.5) is 11.4 Å². The number of nitrogens with two attached hydrogens (primary N) is 1. The summed E-state index contributed by atoms with van der Waals surface area (Å²) in [6.07, 6.45) is 2.30. The third-order valence-corrected chi connectivity index (χ3v) is 2.33. The average Bonchev–Trinajstić information content (AvgIpc) is 2.26. The second kappa shape index (κ2) is 3.73. The lowest BCUT2D eigenvalue weighted by Crippen LogP contribution is -2.38. The largest absolute Gasteiger partial charge is 0.618 e. The summed E-state index contributed by atoms with van der Waals surface area (Å²) in [7, 11) is 0. The van der Waals surface area contributed by atoms with Crippen LogP contribution in [-0.2, 0) is 0 Å². The van der Waals surface area contributed by atoms with E-state index >= 15 is 0 Å². The standard InChI is InChI=1S/C10H12N4O2/c1-2-12-8-4-3-7(11)9-10(8)14(16)6-5-13(9)15/h3-6,12H,2,11H2,1H3. The Morgan fingerprint density at radius 1 is 1.19 bits per heavy atom. The van der Waals surface area contributed by atoms with Crippen LogP contribution in [0.3, 0.4) is 0 Å². The molecule has 2 rings (SSSR count). The molecule has 0 radical (unpaired) electrons. The number of benzene rings is 1. The Labute approximate surface area is 92.1 Å². The lowest BCUT2D eigenvalue weighted by Gasteiger charge is -2.09. The van der Waals surface area contributed by atoms with Crippen LogP contribution in [0.15, 0.2) is 24.5 Å². The zero-order valence-corrected chi connectivity index (χ0v) is 8.80. The van der Waals surface area contributed by atoms with Gasteiger partial charge in [0.2, 0.25) is 12.4 Å². The molecule has 0 unspecified atom stereocenters. The minimum absolute atomic E-state index is 0.191. The molecule has 84 valence electrons. The van der Waals surface area contributed by atoms with E-state index in [1.54, 1.807) is 12.1 Å². The molecule has 1 aromatic heterocycles. The number of hydrogen-bond donors (Lipinski definition) is 2. The van der Waals surface area contributed by atoms with Crippen LogP contribution in [0, 0.1) is 10.4 Å². The highest BCUT2D eigenvalue weighted by Crippen LogP contribution is 2.22. The maximum atomic E-state index is 11.6. The van der Waals surface area contributed by atoms with E-state index in [0.29, 0.717) is 21.7 Å². The zero-order chi connectivity index (χ0) is 11.7. The molecule has 0 bridgehead atoms. The molecule has 16 heavy (non-hydrogen) atoms. The monoisotopic (exact) mass is 220 g/mol. The van der Waals surface area contributed by atoms with Gasteiger partial charge in [-0.3, -0.25) is 0 Å². The SMILES string of the molecule is CCNc1ccc(N)c2c1[n+]([O-])cc[n+]2[O-]. The third-order valence-electron chi connectivity index (χ3n) is 2.33. The molecule has 0 spiro atoms. The predicted octanol–water partition coefficient (Wildman–Crippen LogP) is 0.121. The second-order valence-electron chi connectivity index (χ2n) is 3.38. The molecule has 0 aliphatic carbocycles. The summed E-state index contributed by atoms with van der Waals surface area (Å²) < 4.78 is 1.23. The Balaban J connectivity index is 2.86. The van der Waals surface area contributed by atoms with Gasteiger partial charge in [0.1, 0.15) is 11.4 Å². The van der Waals surface area contributed by atoms with Crippen molar-refractivity contribution in [1.29, 1.82) is 0 Å². The van der Waals surface area contributed by atoms with E-state index in [4.69, 9.17) is 5.73 Å². The number of aromatic nitrogens is 2. The fraction of sp³-hybridized carbons (Fsp3) is 0.200. The molecule has 0 amide bonds. The van der Waals surface area contributed by atoms with Crippen LogP contribution in [0.5, 0.6) is 0 Å². The Morgan fingerprint density at radius 3 is 2.44 bits per heavy atom. The Hall–Kier alpha value is -2.24. The summed E-state index contributed by atoms with van der Waals surface area (Å²) in [5.74, 6) is 0. The highest BCUT2D eigenvalue weighted by molar-refractivity contribution is 5.91. The van der Waals surface area contributed by atoms with Crippen molar-refractivity contribution in [2.24, 2.45) is 0 Å². The number of hydrogen-bond acceptors (Lipinski definition) is 4. The van der Waals surface area contributed by atoms with Gasteiger partial charge in [0.25, 0.3) is 0 Å². The molecular formula is C10H12N4O2. The Bertz CT molecular complexity index is 534. The molecule has 6 heteroatoms. The topological polar surface area (TPSA) is 91.9 Å². The smallest absolute Gasteiger partial charge is 0.315 e. The normalized spacial score (nSPS) is 10.6. The van der Waals surface area contributed by atoms with E-state index in [9.17, 15) is 10.4 Å². The third kappa shape index (κ3) is 1.44. The molecule has 6 nitrogen and oxygen atoms in total. The fourth-order valence-corrected chi connectivity index (χ4v) is 1.65. The van der Waals surface area contributed by atoms with E-state index in [1.807, 2.05) is 6.92 Å². The van der Waals surface area contributed by atoms with E-state index in [0.717, 1.165) is 12.4 Å². The predicted molar refractivity (Wildman–Crippen MR) is 60.4 cm³/mol. The lowest BCUT2D eigenvalue weighted by atomic mass is 10.2. The minimum atomic E-state index is 0.191. The number of fused-ring (bicyclic) bond motifs is 1. The summed E-state index contributed by atoms with van der Waals surface area (Å²) in [4.78, 5) is 0. The van der Waals surface area contributed by atoms with E-state index in [2.05, 4.69) is 5.32 Å². The number of rotatable bonds is 2. The van der Waals surface area contributed by atoms with Crippen LogP contribution >= 0.6 is 0 Å². The van der Waals surface area contributed by atoms with Gasteiger partial charge in [0, 0.05) is 6.54 Å². The van der Waals surface area contributed by atoms with Crippen molar-refractivity contribution >= 4 is 22.4 Å². The van der Waals surface area contributed by atoms with E-state index in [-0.39, 0.29) is 16.7 Å². The highest BCUT2D eigenvalue weighted by Gasteiger charge is 2.20. The van der Waals surface area contributed by atoms with E-state index < -0.39 is 0 Å². The first-order valence-corrected chi connectivity index (χ1v) is 4.92. The van der Waals surface area contributed by atoms with Crippen molar-refractivity contribution in [3.05, 3.63) is 34.9 Å². The van der Waals surface area contributed by atoms with Gasteiger partial charge in [0.05, 0.1) is 0 Å². The maximum absolute atomic E-state index is 11.6. The van der Waals surface area contributed by atoms with Gasteiger partial charge in [0.15, 0.2) is 0 Å². The van der Waals surface area contributed by atoms with Gasteiger partial charge in [-0.05, 0) is 19.1 Å². The van der Waals surface area contributed by atoms with Gasteiger partial charge in [-0.1, -0.05) is 0 Å². The zero-order valence-electron chi connectivity index (χ0n) is 8.80. The van der Waals surface area contributed by atoms with Crippen molar-refractivity contribution in [2.45, 2.75) is 6.92 Å². The molecule has 3 N–H and O–H groups in total. The maximum Gasteiger partial charge on any atom is 0.315 e. The van der Waals surface area contributed by atoms with Crippen molar-refractivity contribution in [2.75, 3.05) is 17.6 Å². The quantitative estimate of drug-likeness (QED) is 0.427. The molecule has 1 aromatic carbocycles. The minimum Gasteiger partial charge on any atom is -0.618 e. The van der Waals surface area contributed by atoms with Crippen molar-refractivity contribution < 1.29 is 9.46 Å². The van der Waals surface area contributed by atoms with Gasteiger partial charge < -0.3 is 21.5 Å². The number of nitrogens with one attached hydrogen (secondary N) is 1. The van der Waals surface area contributed by atoms with Crippen LogP contribution in [0.25, 0.3) is 11.0 Å². The number of nitrogens with zero attached hydrogens (tertiary/aromatic N) is 2. The van der Waals surface area contributed by atoms with Crippen LogP contribution in [-0.4, -0.2) is 6.54 Å². The first kappa shape index (κ1) is 10.3. The van der Waals surface area contributed by atoms with Crippen LogP contribution in [0.1, 0.15) is 6.92 Å². The molecule has 0 aliphatic heterocycles. The van der Waals surface area contributed by atoms with Gasteiger partial charge >= 0.3 is 11.0 Å². The number of nitrogen functional groups attached to an aromatic ring is 1. The molecule has 2 aromatic rings. The Morgan fingerprint density at radius 2 is 1.81 bits per heavy atom. The van der Waals surface area contributed by atoms with E-state index in [1.165, 1.54) is 0 Å². The highest BCUT2D eigenvalue weighted by atomic mass is 16.5. The van der Waals surface area contributed by atoms with Crippen LogP contribution in [0.2, 0.25) is 0 Å². The molecule has 0 fully saturated rings. The molecule has 0 saturated heterocycles. The van der Waals surface area contributed by atoms with Gasteiger partial charge in [-0.25, -0.2) is 0 Å². The summed E-state index contributed by atoms with van der Waals surface area (Å²) >= 11 is 0. The first-order chi connectivity index (χ1) is 7.65. The van der Waals surface area contributed by atoms with Crippen molar-refractivity contribution in [3.8, 4) is 0 Å². The average molecular weight is 220 g/mol. The summed E-state index contributed by atoms with van der Waals surface area (Å²) in [5, 5.41) is 26.2. The first-order valence-electron chi connectivity index (χ1n) is 4.92. The van der Waals surface area contributed by atoms with Crippen LogP contribution < -0.4 is 20.5 Å². The summed E-state index contributed by atoms with van der Waals surface area (Å²) in [5.41, 5.74) is 7.04. The summed E-state index contributed by atoms with van der Waals surface area (Å²) in [6.45, 7) is 2.57. The summed E-state index contributed by atoms with van der Waals surface area (Å²) in [6, 6.07) is 3.30. The molecule has 0 saturated carbocycles.